The number of nitrogen functional groups attached to an aromatic ring is 1. The number of nitrogens with two attached hydrogens (primary N) is 1. The Labute approximate surface area is 124 Å². The van der Waals surface area contributed by atoms with E-state index in [9.17, 15) is 4.39 Å². The van der Waals surface area contributed by atoms with Gasteiger partial charge in [-0.25, -0.2) is 4.39 Å². The molecular formula is C17H22FNO2. The van der Waals surface area contributed by atoms with Crippen molar-refractivity contribution in [1.82, 2.24) is 0 Å². The highest BCUT2D eigenvalue weighted by Crippen LogP contribution is 2.45. The second kappa shape index (κ2) is 5.24. The molecule has 1 aliphatic carbocycles. The number of ether oxygens (including phenoxy) is 2. The molecule has 1 heterocycles. The topological polar surface area (TPSA) is 44.5 Å². The van der Waals surface area contributed by atoms with Gasteiger partial charge in [0.2, 0.25) is 6.29 Å². The molecule has 3 nitrogen and oxygen atoms in total. The number of halogens is 1. The van der Waals surface area contributed by atoms with Crippen LogP contribution in [0.5, 0.6) is 0 Å². The first-order valence-corrected chi connectivity index (χ1v) is 7.55. The van der Waals surface area contributed by atoms with E-state index < -0.39 is 0 Å². The highest BCUT2D eigenvalue weighted by Gasteiger charge is 2.42. The molecule has 3 rings (SSSR count). The van der Waals surface area contributed by atoms with Crippen LogP contribution in [0.15, 0.2) is 24.5 Å². The summed E-state index contributed by atoms with van der Waals surface area (Å²) in [6, 6.07) is 4.60. The van der Waals surface area contributed by atoms with Gasteiger partial charge in [-0.15, -0.1) is 0 Å². The van der Waals surface area contributed by atoms with Crippen molar-refractivity contribution in [2.45, 2.75) is 45.8 Å². The Bertz CT molecular complexity index is 568. The van der Waals surface area contributed by atoms with Crippen molar-refractivity contribution in [3.05, 3.63) is 35.8 Å². The molecule has 1 fully saturated rings. The summed E-state index contributed by atoms with van der Waals surface area (Å²) in [5, 5.41) is 0. The fraction of sp³-hybridized carbons (Fsp3) is 0.529. The van der Waals surface area contributed by atoms with Crippen molar-refractivity contribution in [2.75, 3.05) is 5.73 Å². The number of anilines is 1. The number of rotatable bonds is 2. The lowest BCUT2D eigenvalue weighted by atomic mass is 9.68. The summed E-state index contributed by atoms with van der Waals surface area (Å²) in [5.74, 6) is 0.407. The highest BCUT2D eigenvalue weighted by atomic mass is 19.1. The fourth-order valence-corrected chi connectivity index (χ4v) is 3.37. The van der Waals surface area contributed by atoms with Crippen LogP contribution in [-0.4, -0.2) is 6.29 Å². The van der Waals surface area contributed by atoms with Gasteiger partial charge in [-0.2, -0.15) is 0 Å². The maximum absolute atomic E-state index is 14.0. The van der Waals surface area contributed by atoms with E-state index in [0.29, 0.717) is 22.9 Å². The van der Waals surface area contributed by atoms with Crippen LogP contribution in [0.2, 0.25) is 0 Å². The van der Waals surface area contributed by atoms with Gasteiger partial charge in [0, 0.05) is 11.6 Å². The lowest BCUT2D eigenvalue weighted by molar-refractivity contribution is -0.110. The molecule has 1 aromatic carbocycles. The van der Waals surface area contributed by atoms with Crippen molar-refractivity contribution < 1.29 is 13.9 Å². The Morgan fingerprint density at radius 2 is 2.10 bits per heavy atom. The Kier molecular flexibility index (Phi) is 3.56. The molecule has 0 saturated heterocycles. The summed E-state index contributed by atoms with van der Waals surface area (Å²) in [6.07, 6.45) is 5.93. The van der Waals surface area contributed by atoms with E-state index in [2.05, 4.69) is 13.8 Å². The molecule has 0 bridgehead atoms. The van der Waals surface area contributed by atoms with Crippen LogP contribution in [0.4, 0.5) is 10.1 Å². The third-order valence-corrected chi connectivity index (χ3v) is 4.73. The Hall–Kier alpha value is -1.71. The molecule has 2 N–H and O–H groups in total. The zero-order valence-corrected chi connectivity index (χ0v) is 12.6. The molecule has 1 aliphatic heterocycles. The van der Waals surface area contributed by atoms with Gasteiger partial charge in [-0.1, -0.05) is 26.7 Å². The number of hydrogen-bond acceptors (Lipinski definition) is 3. The molecule has 0 spiro atoms. The van der Waals surface area contributed by atoms with Gasteiger partial charge in [0.1, 0.15) is 12.1 Å². The van der Waals surface area contributed by atoms with Crippen LogP contribution in [0.1, 0.15) is 45.1 Å². The Morgan fingerprint density at radius 1 is 1.29 bits per heavy atom. The molecule has 1 aromatic rings. The van der Waals surface area contributed by atoms with Crippen molar-refractivity contribution in [2.24, 2.45) is 11.3 Å². The summed E-state index contributed by atoms with van der Waals surface area (Å²) in [4.78, 5) is 0. The third-order valence-electron chi connectivity index (χ3n) is 4.73. The Balaban J connectivity index is 1.75. The summed E-state index contributed by atoms with van der Waals surface area (Å²) in [7, 11) is 0. The normalized spacial score (nSPS) is 27.7. The quantitative estimate of drug-likeness (QED) is 0.826. The summed E-state index contributed by atoms with van der Waals surface area (Å²) in [6.45, 7) is 4.51. The van der Waals surface area contributed by atoms with Gasteiger partial charge in [0.15, 0.2) is 5.76 Å². The van der Waals surface area contributed by atoms with Crippen LogP contribution in [-0.2, 0) is 9.47 Å². The lowest BCUT2D eigenvalue weighted by Gasteiger charge is -2.40. The Morgan fingerprint density at radius 3 is 2.81 bits per heavy atom. The predicted octanol–water partition coefficient (Wildman–Crippen LogP) is 4.30. The monoisotopic (exact) mass is 291 g/mol. The van der Waals surface area contributed by atoms with Gasteiger partial charge in [-0.05, 0) is 36.5 Å². The third kappa shape index (κ3) is 2.71. The molecule has 4 heteroatoms. The van der Waals surface area contributed by atoms with Crippen molar-refractivity contribution >= 4 is 11.4 Å². The van der Waals surface area contributed by atoms with Gasteiger partial charge in [0.25, 0.3) is 0 Å². The van der Waals surface area contributed by atoms with Gasteiger partial charge >= 0.3 is 0 Å². The maximum atomic E-state index is 14.0. The number of benzene rings is 1. The van der Waals surface area contributed by atoms with E-state index in [1.807, 2.05) is 0 Å². The van der Waals surface area contributed by atoms with E-state index >= 15 is 0 Å². The zero-order valence-electron chi connectivity index (χ0n) is 12.6. The molecule has 2 atom stereocenters. The van der Waals surface area contributed by atoms with E-state index in [1.54, 1.807) is 12.1 Å². The molecule has 2 unspecified atom stereocenters. The van der Waals surface area contributed by atoms with Crippen LogP contribution < -0.4 is 5.73 Å². The van der Waals surface area contributed by atoms with Crippen LogP contribution in [0.25, 0.3) is 5.76 Å². The predicted molar refractivity (Wildman–Crippen MR) is 80.5 cm³/mol. The highest BCUT2D eigenvalue weighted by molar-refractivity contribution is 5.62. The molecule has 0 amide bonds. The molecule has 0 radical (unpaired) electrons. The summed E-state index contributed by atoms with van der Waals surface area (Å²) >= 11 is 0. The van der Waals surface area contributed by atoms with E-state index in [0.717, 1.165) is 6.42 Å². The standard InChI is InChI=1S/C17H22FNO2/c1-17(2)8-4-3-5-13(17)16-20-10-15(21-16)12-7-6-11(19)9-14(12)18/h6-7,9-10,13,16H,3-5,8,19H2,1-2H3. The molecule has 21 heavy (non-hydrogen) atoms. The fourth-order valence-electron chi connectivity index (χ4n) is 3.37. The second-order valence-corrected chi connectivity index (χ2v) is 6.68. The average Bonchev–Trinajstić information content (AvgIpc) is 2.87. The van der Waals surface area contributed by atoms with Crippen molar-refractivity contribution in [3.63, 3.8) is 0 Å². The number of hydrogen-bond donors (Lipinski definition) is 1. The van der Waals surface area contributed by atoms with Gasteiger partial charge < -0.3 is 15.2 Å². The second-order valence-electron chi connectivity index (χ2n) is 6.68. The van der Waals surface area contributed by atoms with Crippen molar-refractivity contribution in [3.8, 4) is 0 Å². The smallest absolute Gasteiger partial charge is 0.243 e. The average molecular weight is 291 g/mol. The van der Waals surface area contributed by atoms with Crippen LogP contribution >= 0.6 is 0 Å². The van der Waals surface area contributed by atoms with Crippen molar-refractivity contribution in [1.29, 1.82) is 0 Å². The minimum Gasteiger partial charge on any atom is -0.458 e. The SMILES string of the molecule is CC1(C)CCCCC1C1OC=C(c2ccc(N)cc2F)O1. The van der Waals surface area contributed by atoms with E-state index in [1.165, 1.54) is 31.6 Å². The van der Waals surface area contributed by atoms with E-state index in [-0.39, 0.29) is 17.5 Å². The first-order valence-electron chi connectivity index (χ1n) is 7.55. The first kappa shape index (κ1) is 14.2. The van der Waals surface area contributed by atoms with Gasteiger partial charge in [0.05, 0.1) is 5.56 Å². The summed E-state index contributed by atoms with van der Waals surface area (Å²) in [5.41, 5.74) is 6.57. The van der Waals surface area contributed by atoms with E-state index in [4.69, 9.17) is 15.2 Å². The minimum atomic E-state index is -0.381. The zero-order chi connectivity index (χ0) is 15.0. The van der Waals surface area contributed by atoms with Gasteiger partial charge in [-0.3, -0.25) is 0 Å². The molecule has 0 aromatic heterocycles. The van der Waals surface area contributed by atoms with Crippen LogP contribution in [0, 0.1) is 17.2 Å². The maximum Gasteiger partial charge on any atom is 0.243 e. The molecular weight excluding hydrogens is 269 g/mol. The van der Waals surface area contributed by atoms with Crippen LogP contribution in [0.3, 0.4) is 0 Å². The largest absolute Gasteiger partial charge is 0.458 e. The summed E-state index contributed by atoms with van der Waals surface area (Å²) < 4.78 is 25.6. The molecule has 1 saturated carbocycles. The molecule has 114 valence electrons. The minimum absolute atomic E-state index is 0.186. The molecule has 2 aliphatic rings. The lowest BCUT2D eigenvalue weighted by Crippen LogP contribution is -2.37. The first-order chi connectivity index (χ1) is 9.97.